The molecule has 2 saturated heterocycles. The minimum atomic E-state index is -0.421. The zero-order valence-electron chi connectivity index (χ0n) is 15.0. The third-order valence-corrected chi connectivity index (χ3v) is 5.50. The molecular formula is C20H24N4O2. The number of nitrogens with zero attached hydrogens (tertiary/aromatic N) is 3. The van der Waals surface area contributed by atoms with Gasteiger partial charge in [0.1, 0.15) is 5.54 Å². The van der Waals surface area contributed by atoms with Crippen molar-refractivity contribution in [1.29, 1.82) is 0 Å². The van der Waals surface area contributed by atoms with Crippen LogP contribution in [0.4, 0.5) is 5.69 Å². The second kappa shape index (κ2) is 6.96. The highest BCUT2D eigenvalue weighted by molar-refractivity contribution is 5.93. The average molecular weight is 352 g/mol. The zero-order valence-corrected chi connectivity index (χ0v) is 15.0. The van der Waals surface area contributed by atoms with Crippen molar-refractivity contribution in [2.24, 2.45) is 0 Å². The monoisotopic (exact) mass is 352 g/mol. The maximum absolute atomic E-state index is 12.7. The minimum absolute atomic E-state index is 0.159. The Kier molecular flexibility index (Phi) is 4.51. The summed E-state index contributed by atoms with van der Waals surface area (Å²) in [5.74, 6) is 0.791. The number of amides is 1. The molecule has 4 rings (SSSR count). The molecule has 2 aliphatic heterocycles. The minimum Gasteiger partial charge on any atom is -0.481 e. The van der Waals surface area contributed by atoms with Crippen LogP contribution in [0, 0.1) is 0 Å². The van der Waals surface area contributed by atoms with Gasteiger partial charge in [0, 0.05) is 37.6 Å². The molecule has 1 amide bonds. The van der Waals surface area contributed by atoms with Crippen LogP contribution in [-0.4, -0.2) is 48.2 Å². The molecule has 6 nitrogen and oxygen atoms in total. The van der Waals surface area contributed by atoms with Crippen molar-refractivity contribution >= 4 is 11.6 Å². The van der Waals surface area contributed by atoms with Crippen molar-refractivity contribution < 1.29 is 9.53 Å². The molecule has 26 heavy (non-hydrogen) atoms. The summed E-state index contributed by atoms with van der Waals surface area (Å²) in [6.07, 6.45) is 3.52. The summed E-state index contributed by atoms with van der Waals surface area (Å²) in [4.78, 5) is 21.6. The van der Waals surface area contributed by atoms with E-state index >= 15 is 0 Å². The summed E-state index contributed by atoms with van der Waals surface area (Å²) < 4.78 is 5.11. The first-order valence-corrected chi connectivity index (χ1v) is 9.03. The molecule has 0 atom stereocenters. The molecule has 3 heterocycles. The van der Waals surface area contributed by atoms with Crippen molar-refractivity contribution in [2.75, 3.05) is 31.8 Å². The lowest BCUT2D eigenvalue weighted by atomic mass is 9.85. The first-order valence-electron chi connectivity index (χ1n) is 9.03. The van der Waals surface area contributed by atoms with Crippen LogP contribution in [0.5, 0.6) is 5.88 Å². The summed E-state index contributed by atoms with van der Waals surface area (Å²) in [5, 5.41) is 3.05. The molecule has 1 spiro atoms. The van der Waals surface area contributed by atoms with Gasteiger partial charge >= 0.3 is 0 Å². The van der Waals surface area contributed by atoms with E-state index in [4.69, 9.17) is 4.74 Å². The van der Waals surface area contributed by atoms with Crippen LogP contribution in [0.25, 0.3) is 0 Å². The lowest BCUT2D eigenvalue weighted by molar-refractivity contribution is -0.125. The molecule has 1 aromatic carbocycles. The van der Waals surface area contributed by atoms with Crippen molar-refractivity contribution in [2.45, 2.75) is 24.9 Å². The summed E-state index contributed by atoms with van der Waals surface area (Å²) in [6, 6.07) is 14.2. The topological polar surface area (TPSA) is 57.7 Å². The number of rotatable bonds is 4. The highest BCUT2D eigenvalue weighted by atomic mass is 16.5. The van der Waals surface area contributed by atoms with E-state index in [0.29, 0.717) is 12.5 Å². The van der Waals surface area contributed by atoms with E-state index in [1.807, 2.05) is 30.5 Å². The average Bonchev–Trinajstić information content (AvgIpc) is 3.01. The van der Waals surface area contributed by atoms with Crippen molar-refractivity contribution in [3.05, 3.63) is 54.2 Å². The van der Waals surface area contributed by atoms with Crippen molar-refractivity contribution in [3.8, 4) is 5.88 Å². The summed E-state index contributed by atoms with van der Waals surface area (Å²) in [7, 11) is 1.62. The molecule has 1 aromatic heterocycles. The number of pyridine rings is 1. The van der Waals surface area contributed by atoms with Gasteiger partial charge in [-0.2, -0.15) is 0 Å². The maximum Gasteiger partial charge on any atom is 0.247 e. The number of likely N-dealkylation sites (tertiary alicyclic amines) is 1. The Morgan fingerprint density at radius 3 is 2.58 bits per heavy atom. The molecular weight excluding hydrogens is 328 g/mol. The van der Waals surface area contributed by atoms with Crippen LogP contribution in [0.1, 0.15) is 18.4 Å². The first-order chi connectivity index (χ1) is 12.7. The molecule has 6 heteroatoms. The number of carbonyl (C=O) groups is 1. The van der Waals surface area contributed by atoms with Gasteiger partial charge in [-0.3, -0.25) is 9.69 Å². The predicted molar refractivity (Wildman–Crippen MR) is 100.0 cm³/mol. The Balaban J connectivity index is 1.44. The van der Waals surface area contributed by atoms with Gasteiger partial charge in [0.15, 0.2) is 0 Å². The molecule has 0 saturated carbocycles. The maximum atomic E-state index is 12.7. The molecule has 136 valence electrons. The SMILES string of the molecule is COc1ccc(CN2CCC3(CC2)C(=O)NCN3c2ccccc2)cn1. The Hall–Kier alpha value is -2.60. The van der Waals surface area contributed by atoms with Crippen LogP contribution in [-0.2, 0) is 11.3 Å². The second-order valence-corrected chi connectivity index (χ2v) is 6.94. The summed E-state index contributed by atoms with van der Waals surface area (Å²) >= 11 is 0. The Morgan fingerprint density at radius 1 is 1.15 bits per heavy atom. The van der Waals surface area contributed by atoms with E-state index in [9.17, 15) is 4.79 Å². The number of anilines is 1. The van der Waals surface area contributed by atoms with E-state index in [0.717, 1.165) is 43.7 Å². The van der Waals surface area contributed by atoms with Gasteiger partial charge in [0.2, 0.25) is 11.8 Å². The van der Waals surface area contributed by atoms with Gasteiger partial charge in [-0.05, 0) is 30.5 Å². The van der Waals surface area contributed by atoms with Gasteiger partial charge in [0.05, 0.1) is 13.8 Å². The molecule has 0 aliphatic carbocycles. The van der Waals surface area contributed by atoms with Gasteiger partial charge < -0.3 is 15.0 Å². The number of ether oxygens (including phenoxy) is 1. The fourth-order valence-electron chi connectivity index (χ4n) is 4.00. The number of methoxy groups -OCH3 is 1. The first kappa shape index (κ1) is 16.8. The number of benzene rings is 1. The normalized spacial score (nSPS) is 19.6. The van der Waals surface area contributed by atoms with Crippen LogP contribution < -0.4 is 15.0 Å². The number of piperidine rings is 1. The van der Waals surface area contributed by atoms with E-state index in [1.165, 1.54) is 0 Å². The third-order valence-electron chi connectivity index (χ3n) is 5.50. The molecule has 2 fully saturated rings. The molecule has 2 aliphatic rings. The quantitative estimate of drug-likeness (QED) is 0.912. The van der Waals surface area contributed by atoms with Gasteiger partial charge in [-0.1, -0.05) is 24.3 Å². The van der Waals surface area contributed by atoms with Gasteiger partial charge in [0.25, 0.3) is 0 Å². The van der Waals surface area contributed by atoms with Crippen LogP contribution in [0.15, 0.2) is 48.7 Å². The lowest BCUT2D eigenvalue weighted by Gasteiger charge is -2.43. The van der Waals surface area contributed by atoms with Crippen LogP contribution >= 0.6 is 0 Å². The number of para-hydroxylation sites is 1. The van der Waals surface area contributed by atoms with Crippen LogP contribution in [0.2, 0.25) is 0 Å². The Morgan fingerprint density at radius 2 is 1.92 bits per heavy atom. The highest BCUT2D eigenvalue weighted by Crippen LogP contribution is 2.36. The molecule has 2 aromatic rings. The van der Waals surface area contributed by atoms with E-state index in [1.54, 1.807) is 7.11 Å². The van der Waals surface area contributed by atoms with E-state index in [2.05, 4.69) is 38.3 Å². The van der Waals surface area contributed by atoms with Gasteiger partial charge in [-0.15, -0.1) is 0 Å². The smallest absolute Gasteiger partial charge is 0.247 e. The largest absolute Gasteiger partial charge is 0.481 e. The van der Waals surface area contributed by atoms with E-state index < -0.39 is 5.54 Å². The van der Waals surface area contributed by atoms with Crippen molar-refractivity contribution in [1.82, 2.24) is 15.2 Å². The van der Waals surface area contributed by atoms with E-state index in [-0.39, 0.29) is 5.91 Å². The Bertz CT molecular complexity index is 755. The molecule has 0 radical (unpaired) electrons. The fraction of sp³-hybridized carbons (Fsp3) is 0.400. The second-order valence-electron chi connectivity index (χ2n) is 6.94. The lowest BCUT2D eigenvalue weighted by Crippen LogP contribution is -2.56. The number of carbonyl (C=O) groups excluding carboxylic acids is 1. The van der Waals surface area contributed by atoms with Gasteiger partial charge in [-0.25, -0.2) is 4.98 Å². The number of nitrogens with one attached hydrogen (secondary N) is 1. The fourth-order valence-corrected chi connectivity index (χ4v) is 4.00. The summed E-state index contributed by atoms with van der Waals surface area (Å²) in [5.41, 5.74) is 1.85. The number of aromatic nitrogens is 1. The third kappa shape index (κ3) is 3.01. The Labute approximate surface area is 153 Å². The molecule has 0 bridgehead atoms. The summed E-state index contributed by atoms with van der Waals surface area (Å²) in [6.45, 7) is 3.22. The predicted octanol–water partition coefficient (Wildman–Crippen LogP) is 2.02. The number of hydrogen-bond donors (Lipinski definition) is 1. The standard InChI is InChI=1S/C20H24N4O2/c1-26-18-8-7-16(13-21-18)14-23-11-9-20(10-12-23)19(25)22-15-24(20)17-5-3-2-4-6-17/h2-8,13H,9-12,14-15H2,1H3,(H,22,25). The molecule has 0 unspecified atom stereocenters. The number of hydrogen-bond acceptors (Lipinski definition) is 5. The molecule has 1 N–H and O–H groups in total. The van der Waals surface area contributed by atoms with Crippen molar-refractivity contribution in [3.63, 3.8) is 0 Å². The van der Waals surface area contributed by atoms with Crippen LogP contribution in [0.3, 0.4) is 0 Å². The zero-order chi connectivity index (χ0) is 18.0. The highest BCUT2D eigenvalue weighted by Gasteiger charge is 2.50.